The van der Waals surface area contributed by atoms with Crippen LogP contribution < -0.4 is 16.4 Å². The summed E-state index contributed by atoms with van der Waals surface area (Å²) in [5.74, 6) is -1.04. The molecule has 3 aromatic heterocycles. The second-order valence-electron chi connectivity index (χ2n) is 12.6. The topological polar surface area (TPSA) is 146 Å². The second kappa shape index (κ2) is 11.5. The third-order valence-electron chi connectivity index (χ3n) is 7.85. The van der Waals surface area contributed by atoms with Crippen LogP contribution in [0.4, 0.5) is 15.9 Å². The summed E-state index contributed by atoms with van der Waals surface area (Å²) >= 11 is 0. The SMILES string of the molecule is Cn1nc(-c2cccc(-n3ncc4cc(C(C)(C)C)cc(F)c4c3=O)c2CO)cc(Nc2cnc(C3COC(C)(C)O3)cn2)c1=O. The molecule has 0 saturated carbocycles. The van der Waals surface area contributed by atoms with Gasteiger partial charge in [-0.2, -0.15) is 14.9 Å². The molecule has 0 spiro atoms. The van der Waals surface area contributed by atoms with Gasteiger partial charge in [0.15, 0.2) is 5.79 Å². The molecule has 2 N–H and O–H groups in total. The molecule has 2 aromatic carbocycles. The maximum Gasteiger partial charge on any atom is 0.290 e. The molecule has 6 rings (SSSR count). The number of aliphatic hydroxyl groups excluding tert-OH is 1. The summed E-state index contributed by atoms with van der Waals surface area (Å²) in [5.41, 5.74) is 1.40. The number of aromatic nitrogens is 6. The number of nitrogens with zero attached hydrogens (tertiary/aromatic N) is 6. The standard InChI is InChI=1S/C33H34FN7O5/c1-32(2,3)19-10-18-13-37-41(31(44)29(18)22(34)11-19)26-9-7-8-20(21(26)16-42)23-12-24(30(43)40(6)39-23)38-28-15-35-25(14-36-28)27-17-45-33(4,5)46-27/h7-15,27,42H,16-17H2,1-6H3,(H,36,38). The van der Waals surface area contributed by atoms with Crippen LogP contribution in [0.15, 0.2) is 64.6 Å². The lowest BCUT2D eigenvalue weighted by Crippen LogP contribution is -2.24. The number of fused-ring (bicyclic) bond motifs is 1. The summed E-state index contributed by atoms with van der Waals surface area (Å²) < 4.78 is 29.0. The summed E-state index contributed by atoms with van der Waals surface area (Å²) in [5, 5.41) is 22.5. The van der Waals surface area contributed by atoms with Gasteiger partial charge in [0, 0.05) is 23.6 Å². The third-order valence-corrected chi connectivity index (χ3v) is 7.85. The zero-order chi connectivity index (χ0) is 33.0. The third kappa shape index (κ3) is 5.80. The molecule has 238 valence electrons. The molecular weight excluding hydrogens is 593 g/mol. The molecule has 13 heteroatoms. The summed E-state index contributed by atoms with van der Waals surface area (Å²) in [4.78, 5) is 35.5. The van der Waals surface area contributed by atoms with Gasteiger partial charge in [0.05, 0.1) is 54.3 Å². The van der Waals surface area contributed by atoms with Gasteiger partial charge in [-0.25, -0.2) is 14.1 Å². The van der Waals surface area contributed by atoms with Crippen LogP contribution >= 0.6 is 0 Å². The normalized spacial score (nSPS) is 16.2. The lowest BCUT2D eigenvalue weighted by Gasteiger charge is -2.20. The molecule has 0 aliphatic carbocycles. The fourth-order valence-electron chi connectivity index (χ4n) is 5.39. The average molecular weight is 628 g/mol. The van der Waals surface area contributed by atoms with Crippen molar-refractivity contribution in [2.75, 3.05) is 11.9 Å². The number of hydrogen-bond donors (Lipinski definition) is 2. The van der Waals surface area contributed by atoms with E-state index in [-0.39, 0.29) is 28.3 Å². The van der Waals surface area contributed by atoms with Crippen LogP contribution in [0.5, 0.6) is 0 Å². The first-order valence-electron chi connectivity index (χ1n) is 14.7. The number of halogens is 1. The van der Waals surface area contributed by atoms with Crippen molar-refractivity contribution in [2.24, 2.45) is 7.05 Å². The van der Waals surface area contributed by atoms with E-state index in [0.717, 1.165) is 14.9 Å². The monoisotopic (exact) mass is 627 g/mol. The minimum atomic E-state index is -0.710. The summed E-state index contributed by atoms with van der Waals surface area (Å²) in [6, 6.07) is 9.64. The fraction of sp³-hybridized carbons (Fsp3) is 0.333. The molecule has 0 bridgehead atoms. The van der Waals surface area contributed by atoms with Crippen molar-refractivity contribution in [3.05, 3.63) is 98.3 Å². The fourth-order valence-corrected chi connectivity index (χ4v) is 5.39. The maximum atomic E-state index is 15.3. The highest BCUT2D eigenvalue weighted by molar-refractivity contribution is 5.83. The minimum Gasteiger partial charge on any atom is -0.392 e. The van der Waals surface area contributed by atoms with E-state index in [1.807, 2.05) is 34.6 Å². The molecule has 12 nitrogen and oxygen atoms in total. The molecule has 1 saturated heterocycles. The van der Waals surface area contributed by atoms with E-state index in [4.69, 9.17) is 9.47 Å². The van der Waals surface area contributed by atoms with Crippen molar-refractivity contribution >= 4 is 22.3 Å². The van der Waals surface area contributed by atoms with E-state index < -0.39 is 29.3 Å². The predicted molar refractivity (Wildman–Crippen MR) is 170 cm³/mol. The molecule has 1 unspecified atom stereocenters. The van der Waals surface area contributed by atoms with Crippen molar-refractivity contribution in [3.63, 3.8) is 0 Å². The van der Waals surface area contributed by atoms with E-state index in [1.54, 1.807) is 30.5 Å². The molecule has 0 radical (unpaired) electrons. The lowest BCUT2D eigenvalue weighted by molar-refractivity contribution is -0.139. The molecule has 0 amide bonds. The highest BCUT2D eigenvalue weighted by atomic mass is 19.1. The van der Waals surface area contributed by atoms with E-state index in [1.165, 1.54) is 31.6 Å². The van der Waals surface area contributed by atoms with Gasteiger partial charge in [-0.15, -0.1) is 0 Å². The maximum absolute atomic E-state index is 15.3. The van der Waals surface area contributed by atoms with Crippen LogP contribution in [-0.4, -0.2) is 47.0 Å². The smallest absolute Gasteiger partial charge is 0.290 e. The number of anilines is 2. The minimum absolute atomic E-state index is 0.105. The predicted octanol–water partition coefficient (Wildman–Crippen LogP) is 4.43. The summed E-state index contributed by atoms with van der Waals surface area (Å²) in [6.07, 6.45) is 4.13. The number of aliphatic hydroxyl groups is 1. The van der Waals surface area contributed by atoms with Gasteiger partial charge in [-0.1, -0.05) is 32.9 Å². The van der Waals surface area contributed by atoms with Crippen molar-refractivity contribution < 1.29 is 19.0 Å². The van der Waals surface area contributed by atoms with Crippen molar-refractivity contribution in [1.82, 2.24) is 29.5 Å². The number of aryl methyl sites for hydroxylation is 1. The Kier molecular flexibility index (Phi) is 7.79. The zero-order valence-corrected chi connectivity index (χ0v) is 26.3. The quantitative estimate of drug-likeness (QED) is 0.277. The number of rotatable bonds is 6. The number of benzene rings is 2. The lowest BCUT2D eigenvalue weighted by atomic mass is 9.86. The Bertz CT molecular complexity index is 2080. The van der Waals surface area contributed by atoms with Gasteiger partial charge in [-0.05, 0) is 49.1 Å². The zero-order valence-electron chi connectivity index (χ0n) is 26.3. The largest absolute Gasteiger partial charge is 0.392 e. The molecule has 1 aliphatic heterocycles. The highest BCUT2D eigenvalue weighted by Gasteiger charge is 2.34. The Morgan fingerprint density at radius 2 is 1.87 bits per heavy atom. The van der Waals surface area contributed by atoms with E-state index in [9.17, 15) is 14.7 Å². The molecule has 1 fully saturated rings. The average Bonchev–Trinajstić information content (AvgIpc) is 3.38. The van der Waals surface area contributed by atoms with Gasteiger partial charge in [-0.3, -0.25) is 14.6 Å². The first kappa shape index (κ1) is 31.1. The van der Waals surface area contributed by atoms with Gasteiger partial charge in [0.25, 0.3) is 11.1 Å². The van der Waals surface area contributed by atoms with Gasteiger partial charge in [0.2, 0.25) is 0 Å². The van der Waals surface area contributed by atoms with Crippen LogP contribution in [0.3, 0.4) is 0 Å². The molecular formula is C33H34FN7O5. The van der Waals surface area contributed by atoms with Gasteiger partial charge in [0.1, 0.15) is 23.4 Å². The second-order valence-corrected chi connectivity index (χ2v) is 12.6. The van der Waals surface area contributed by atoms with Crippen LogP contribution in [-0.2, 0) is 28.5 Å². The van der Waals surface area contributed by atoms with E-state index >= 15 is 4.39 Å². The van der Waals surface area contributed by atoms with E-state index in [2.05, 4.69) is 25.5 Å². The first-order chi connectivity index (χ1) is 21.8. The highest BCUT2D eigenvalue weighted by Crippen LogP contribution is 2.32. The molecule has 4 heterocycles. The number of nitrogens with one attached hydrogen (secondary N) is 1. The molecule has 1 aliphatic rings. The van der Waals surface area contributed by atoms with Crippen molar-refractivity contribution in [3.8, 4) is 16.9 Å². The van der Waals surface area contributed by atoms with E-state index in [0.29, 0.717) is 40.3 Å². The van der Waals surface area contributed by atoms with Crippen LogP contribution in [0.1, 0.15) is 57.5 Å². The van der Waals surface area contributed by atoms with Gasteiger partial charge < -0.3 is 19.9 Å². The van der Waals surface area contributed by atoms with Gasteiger partial charge >= 0.3 is 0 Å². The summed E-state index contributed by atoms with van der Waals surface area (Å²) in [7, 11) is 1.50. The number of ether oxygens (including phenoxy) is 2. The number of hydrogen-bond acceptors (Lipinski definition) is 10. The van der Waals surface area contributed by atoms with Crippen LogP contribution in [0, 0.1) is 5.82 Å². The van der Waals surface area contributed by atoms with Crippen molar-refractivity contribution in [1.29, 1.82) is 0 Å². The Morgan fingerprint density at radius 3 is 2.52 bits per heavy atom. The van der Waals surface area contributed by atoms with Crippen molar-refractivity contribution in [2.45, 2.75) is 58.5 Å². The Balaban J connectivity index is 1.37. The van der Waals surface area contributed by atoms with Crippen LogP contribution in [0.2, 0.25) is 0 Å². The Morgan fingerprint density at radius 1 is 1.09 bits per heavy atom. The van der Waals surface area contributed by atoms with Crippen LogP contribution in [0.25, 0.3) is 27.7 Å². The molecule has 46 heavy (non-hydrogen) atoms. The Labute approximate surface area is 263 Å². The summed E-state index contributed by atoms with van der Waals surface area (Å²) in [6.45, 7) is 9.38. The molecule has 1 atom stereocenters. The molecule has 5 aromatic rings. The first-order valence-corrected chi connectivity index (χ1v) is 14.7. The Hall–Kier alpha value is -4.85.